The van der Waals surface area contributed by atoms with Crippen molar-refractivity contribution in [3.05, 3.63) is 87.7 Å². The van der Waals surface area contributed by atoms with Gasteiger partial charge in [0.25, 0.3) is 5.91 Å². The molecule has 0 radical (unpaired) electrons. The van der Waals surface area contributed by atoms with Gasteiger partial charge in [-0.05, 0) is 38.5 Å². The molecule has 0 bridgehead atoms. The van der Waals surface area contributed by atoms with E-state index in [1.165, 1.54) is 5.56 Å². The number of amides is 1. The van der Waals surface area contributed by atoms with E-state index in [1.807, 2.05) is 50.2 Å². The number of ether oxygens (including phenoxy) is 1. The van der Waals surface area contributed by atoms with Crippen LogP contribution in [0.15, 0.2) is 54.6 Å². The maximum absolute atomic E-state index is 12.9. The molecule has 3 aromatic rings. The molecule has 0 atom stereocenters. The summed E-state index contributed by atoms with van der Waals surface area (Å²) in [7, 11) is 0. The SMILES string of the molecule is Cc1ccc(COc2cc(C)nc(C)c2C(=O)Nc2ccccc2Cl)cc1. The topological polar surface area (TPSA) is 51.2 Å². The molecule has 0 saturated heterocycles. The van der Waals surface area contributed by atoms with Gasteiger partial charge in [-0.15, -0.1) is 0 Å². The van der Waals surface area contributed by atoms with E-state index >= 15 is 0 Å². The Balaban J connectivity index is 1.86. The first-order chi connectivity index (χ1) is 12.9. The Morgan fingerprint density at radius 3 is 2.48 bits per heavy atom. The third kappa shape index (κ3) is 4.66. The Morgan fingerprint density at radius 2 is 1.78 bits per heavy atom. The maximum atomic E-state index is 12.9. The summed E-state index contributed by atoms with van der Waals surface area (Å²) in [6.07, 6.45) is 0. The second kappa shape index (κ2) is 8.23. The van der Waals surface area contributed by atoms with Crippen LogP contribution in [0.5, 0.6) is 5.75 Å². The molecular formula is C22H21ClN2O2. The number of pyridine rings is 1. The number of rotatable bonds is 5. The predicted molar refractivity (Wildman–Crippen MR) is 109 cm³/mol. The monoisotopic (exact) mass is 380 g/mol. The molecule has 138 valence electrons. The maximum Gasteiger partial charge on any atom is 0.261 e. The number of aryl methyl sites for hydroxylation is 3. The van der Waals surface area contributed by atoms with Crippen molar-refractivity contribution in [3.8, 4) is 5.75 Å². The van der Waals surface area contributed by atoms with Crippen molar-refractivity contribution in [2.45, 2.75) is 27.4 Å². The van der Waals surface area contributed by atoms with E-state index in [4.69, 9.17) is 16.3 Å². The van der Waals surface area contributed by atoms with Crippen molar-refractivity contribution in [1.82, 2.24) is 4.98 Å². The second-order valence-corrected chi connectivity index (χ2v) is 6.84. The highest BCUT2D eigenvalue weighted by atomic mass is 35.5. The summed E-state index contributed by atoms with van der Waals surface area (Å²) >= 11 is 6.15. The molecule has 1 N–H and O–H groups in total. The van der Waals surface area contributed by atoms with Crippen LogP contribution in [0, 0.1) is 20.8 Å². The minimum Gasteiger partial charge on any atom is -0.488 e. The van der Waals surface area contributed by atoms with Gasteiger partial charge in [-0.3, -0.25) is 9.78 Å². The third-order valence-corrected chi connectivity index (χ3v) is 4.49. The van der Waals surface area contributed by atoms with E-state index in [9.17, 15) is 4.79 Å². The van der Waals surface area contributed by atoms with E-state index < -0.39 is 0 Å². The summed E-state index contributed by atoms with van der Waals surface area (Å²) in [5.41, 5.74) is 4.58. The molecule has 5 heteroatoms. The highest BCUT2D eigenvalue weighted by molar-refractivity contribution is 6.34. The van der Waals surface area contributed by atoms with Crippen LogP contribution in [0.1, 0.15) is 32.9 Å². The van der Waals surface area contributed by atoms with E-state index in [2.05, 4.69) is 10.3 Å². The van der Waals surface area contributed by atoms with Crippen molar-refractivity contribution < 1.29 is 9.53 Å². The number of nitrogens with zero attached hydrogens (tertiary/aromatic N) is 1. The third-order valence-electron chi connectivity index (χ3n) is 4.16. The molecule has 0 aliphatic carbocycles. The minimum atomic E-state index is -0.299. The molecule has 0 saturated carbocycles. The standard InChI is InChI=1S/C22H21ClN2O2/c1-14-8-10-17(11-9-14)13-27-20-12-15(2)24-16(3)21(20)22(26)25-19-7-5-4-6-18(19)23/h4-12H,13H2,1-3H3,(H,25,26). The molecule has 0 aliphatic heterocycles. The second-order valence-electron chi connectivity index (χ2n) is 6.43. The molecule has 0 fully saturated rings. The van der Waals surface area contributed by atoms with Gasteiger partial charge in [0, 0.05) is 11.8 Å². The first kappa shape index (κ1) is 18.9. The molecule has 0 unspecified atom stereocenters. The number of hydrogen-bond donors (Lipinski definition) is 1. The average molecular weight is 381 g/mol. The zero-order valence-electron chi connectivity index (χ0n) is 15.5. The molecule has 3 rings (SSSR count). The quantitative estimate of drug-likeness (QED) is 0.636. The van der Waals surface area contributed by atoms with Gasteiger partial charge < -0.3 is 10.1 Å². The molecular weight excluding hydrogens is 360 g/mol. The number of benzene rings is 2. The van der Waals surface area contributed by atoms with Gasteiger partial charge in [0.15, 0.2) is 0 Å². The molecule has 27 heavy (non-hydrogen) atoms. The van der Waals surface area contributed by atoms with Crippen LogP contribution in [0.2, 0.25) is 5.02 Å². The summed E-state index contributed by atoms with van der Waals surface area (Å²) in [6, 6.07) is 17.0. The fraction of sp³-hybridized carbons (Fsp3) is 0.182. The number of nitrogens with one attached hydrogen (secondary N) is 1. The first-order valence-corrected chi connectivity index (χ1v) is 9.04. The van der Waals surface area contributed by atoms with Crippen molar-refractivity contribution in [2.24, 2.45) is 0 Å². The Labute approximate surface area is 164 Å². The molecule has 4 nitrogen and oxygen atoms in total. The number of para-hydroxylation sites is 1. The zero-order valence-corrected chi connectivity index (χ0v) is 16.3. The number of aromatic nitrogens is 1. The molecule has 2 aromatic carbocycles. The number of halogens is 1. The van der Waals surface area contributed by atoms with Crippen LogP contribution in [-0.2, 0) is 6.61 Å². The number of carbonyl (C=O) groups excluding carboxylic acids is 1. The van der Waals surface area contributed by atoms with Gasteiger partial charge >= 0.3 is 0 Å². The highest BCUT2D eigenvalue weighted by Crippen LogP contribution is 2.27. The summed E-state index contributed by atoms with van der Waals surface area (Å²) in [4.78, 5) is 17.3. The summed E-state index contributed by atoms with van der Waals surface area (Å²) in [6.45, 7) is 6.08. The van der Waals surface area contributed by atoms with E-state index in [1.54, 1.807) is 25.1 Å². The zero-order chi connectivity index (χ0) is 19.4. The Bertz CT molecular complexity index is 969. The fourth-order valence-electron chi connectivity index (χ4n) is 2.78. The lowest BCUT2D eigenvalue weighted by atomic mass is 10.1. The van der Waals surface area contributed by atoms with Gasteiger partial charge in [0.05, 0.1) is 16.4 Å². The lowest BCUT2D eigenvalue weighted by Gasteiger charge is -2.15. The fourth-order valence-corrected chi connectivity index (χ4v) is 2.96. The Kier molecular flexibility index (Phi) is 5.77. The van der Waals surface area contributed by atoms with Crippen LogP contribution >= 0.6 is 11.6 Å². The molecule has 1 aromatic heterocycles. The van der Waals surface area contributed by atoms with E-state index in [-0.39, 0.29) is 5.91 Å². The first-order valence-electron chi connectivity index (χ1n) is 8.66. The molecule has 0 spiro atoms. The van der Waals surface area contributed by atoms with Crippen molar-refractivity contribution in [1.29, 1.82) is 0 Å². The molecule has 0 aliphatic rings. The van der Waals surface area contributed by atoms with Crippen LogP contribution < -0.4 is 10.1 Å². The minimum absolute atomic E-state index is 0.299. The normalized spacial score (nSPS) is 10.5. The van der Waals surface area contributed by atoms with Crippen LogP contribution in [0.4, 0.5) is 5.69 Å². The number of carbonyl (C=O) groups is 1. The van der Waals surface area contributed by atoms with Crippen LogP contribution in [0.3, 0.4) is 0 Å². The van der Waals surface area contributed by atoms with Crippen LogP contribution in [0.25, 0.3) is 0 Å². The van der Waals surface area contributed by atoms with Gasteiger partial charge in [0.1, 0.15) is 17.9 Å². The largest absolute Gasteiger partial charge is 0.488 e. The summed E-state index contributed by atoms with van der Waals surface area (Å²) in [5, 5.41) is 3.32. The van der Waals surface area contributed by atoms with Gasteiger partial charge in [-0.25, -0.2) is 0 Å². The van der Waals surface area contributed by atoms with Crippen molar-refractivity contribution >= 4 is 23.2 Å². The van der Waals surface area contributed by atoms with E-state index in [0.717, 1.165) is 11.3 Å². The lowest BCUT2D eigenvalue weighted by Crippen LogP contribution is -2.16. The number of anilines is 1. The highest BCUT2D eigenvalue weighted by Gasteiger charge is 2.19. The average Bonchev–Trinajstić information content (AvgIpc) is 2.62. The van der Waals surface area contributed by atoms with Gasteiger partial charge in [-0.1, -0.05) is 53.6 Å². The predicted octanol–water partition coefficient (Wildman–Crippen LogP) is 5.49. The van der Waals surface area contributed by atoms with Gasteiger partial charge in [-0.2, -0.15) is 0 Å². The van der Waals surface area contributed by atoms with E-state index in [0.29, 0.717) is 34.3 Å². The molecule has 1 amide bonds. The lowest BCUT2D eigenvalue weighted by molar-refractivity contribution is 0.102. The smallest absolute Gasteiger partial charge is 0.261 e. The Hall–Kier alpha value is -2.85. The van der Waals surface area contributed by atoms with Crippen molar-refractivity contribution in [2.75, 3.05) is 5.32 Å². The van der Waals surface area contributed by atoms with Crippen LogP contribution in [-0.4, -0.2) is 10.9 Å². The van der Waals surface area contributed by atoms with Gasteiger partial charge in [0.2, 0.25) is 0 Å². The van der Waals surface area contributed by atoms with Crippen molar-refractivity contribution in [3.63, 3.8) is 0 Å². The molecule has 1 heterocycles. The summed E-state index contributed by atoms with van der Waals surface area (Å²) in [5.74, 6) is 0.206. The summed E-state index contributed by atoms with van der Waals surface area (Å²) < 4.78 is 5.98. The number of hydrogen-bond acceptors (Lipinski definition) is 3. The Morgan fingerprint density at radius 1 is 1.07 bits per heavy atom.